The van der Waals surface area contributed by atoms with E-state index < -0.39 is 6.04 Å². The van der Waals surface area contributed by atoms with Crippen molar-refractivity contribution in [2.24, 2.45) is 5.92 Å². The maximum atomic E-state index is 12.8. The largest absolute Gasteiger partial charge is 0.395 e. The Morgan fingerprint density at radius 1 is 1.32 bits per heavy atom. The van der Waals surface area contributed by atoms with Crippen LogP contribution in [0.5, 0.6) is 0 Å². The molecule has 1 aliphatic carbocycles. The molecule has 7 nitrogen and oxygen atoms in total. The van der Waals surface area contributed by atoms with E-state index in [1.54, 1.807) is 12.3 Å². The fourth-order valence-corrected chi connectivity index (χ4v) is 4.81. The molecule has 0 aromatic carbocycles. The van der Waals surface area contributed by atoms with Crippen LogP contribution in [0.3, 0.4) is 0 Å². The molecule has 0 aliphatic heterocycles. The lowest BCUT2D eigenvalue weighted by Crippen LogP contribution is -2.48. The highest BCUT2D eigenvalue weighted by Gasteiger charge is 2.27. The van der Waals surface area contributed by atoms with Crippen LogP contribution in [0.4, 0.5) is 5.69 Å². The van der Waals surface area contributed by atoms with E-state index in [0.29, 0.717) is 28.8 Å². The second-order valence-corrected chi connectivity index (χ2v) is 9.44. The van der Waals surface area contributed by atoms with Crippen LogP contribution in [-0.2, 0) is 11.3 Å². The number of aliphatic hydroxyl groups is 1. The topological polar surface area (TPSA) is 103 Å². The summed E-state index contributed by atoms with van der Waals surface area (Å²) in [5.74, 6) is -0.0431. The summed E-state index contributed by atoms with van der Waals surface area (Å²) in [6.45, 7) is 2.50. The number of nitrogens with zero attached hydrogens (tertiary/aromatic N) is 1. The molecule has 31 heavy (non-hydrogen) atoms. The molecule has 1 unspecified atom stereocenters. The van der Waals surface area contributed by atoms with Crippen molar-refractivity contribution in [1.82, 2.24) is 15.6 Å². The summed E-state index contributed by atoms with van der Waals surface area (Å²) in [7, 11) is 0. The highest BCUT2D eigenvalue weighted by atomic mass is 35.5. The van der Waals surface area contributed by atoms with Crippen LogP contribution in [0.25, 0.3) is 0 Å². The van der Waals surface area contributed by atoms with Crippen molar-refractivity contribution in [3.05, 3.63) is 44.9 Å². The molecule has 168 valence electrons. The van der Waals surface area contributed by atoms with Crippen molar-refractivity contribution >= 4 is 40.4 Å². The van der Waals surface area contributed by atoms with E-state index in [2.05, 4.69) is 20.9 Å². The van der Waals surface area contributed by atoms with Crippen LogP contribution >= 0.6 is 22.9 Å². The molecule has 1 fully saturated rings. The maximum Gasteiger partial charge on any atom is 0.262 e. The van der Waals surface area contributed by atoms with E-state index >= 15 is 0 Å². The van der Waals surface area contributed by atoms with Crippen LogP contribution in [-0.4, -0.2) is 41.1 Å². The summed E-state index contributed by atoms with van der Waals surface area (Å²) in [4.78, 5) is 31.1. The van der Waals surface area contributed by atoms with E-state index in [0.717, 1.165) is 29.1 Å². The summed E-state index contributed by atoms with van der Waals surface area (Å²) in [5, 5.41) is 18.4. The van der Waals surface area contributed by atoms with E-state index in [4.69, 9.17) is 16.7 Å². The normalized spacial score (nSPS) is 14.9. The van der Waals surface area contributed by atoms with Gasteiger partial charge in [-0.15, -0.1) is 11.3 Å². The van der Waals surface area contributed by atoms with Crippen molar-refractivity contribution in [3.63, 3.8) is 0 Å². The van der Waals surface area contributed by atoms with Gasteiger partial charge in [0.25, 0.3) is 5.91 Å². The summed E-state index contributed by atoms with van der Waals surface area (Å²) in [6.07, 6.45) is 6.76. The zero-order valence-electron chi connectivity index (χ0n) is 17.6. The predicted molar refractivity (Wildman–Crippen MR) is 124 cm³/mol. The first-order chi connectivity index (χ1) is 15.0. The zero-order chi connectivity index (χ0) is 22.2. The summed E-state index contributed by atoms with van der Waals surface area (Å²) >= 11 is 7.40. The quantitative estimate of drug-likeness (QED) is 0.431. The molecule has 2 aromatic rings. The van der Waals surface area contributed by atoms with Crippen molar-refractivity contribution in [1.29, 1.82) is 0 Å². The molecule has 9 heteroatoms. The maximum absolute atomic E-state index is 12.8. The Kier molecular flexibility index (Phi) is 8.69. The van der Waals surface area contributed by atoms with Gasteiger partial charge in [-0.05, 0) is 37.5 Å². The van der Waals surface area contributed by atoms with Gasteiger partial charge in [-0.1, -0.05) is 37.3 Å². The Morgan fingerprint density at radius 2 is 2.10 bits per heavy atom. The second kappa shape index (κ2) is 11.5. The average molecular weight is 465 g/mol. The van der Waals surface area contributed by atoms with Gasteiger partial charge >= 0.3 is 0 Å². The molecule has 4 N–H and O–H groups in total. The smallest absolute Gasteiger partial charge is 0.262 e. The minimum atomic E-state index is -0.592. The number of aromatic nitrogens is 1. The molecule has 2 aromatic heterocycles. The standard InChI is InChI=1S/C22H29ClN4O3S/c1-14-18(11-16(23)12-25-14)26-13-17-6-7-20(31-17)22(30)27-19(21(29)24-8-9-28)10-15-4-2-3-5-15/h6-7,11-12,15,19,26,28H,2-5,8-10,13H2,1H3,(H,24,29)(H,27,30). The number of aliphatic hydroxyl groups excluding tert-OH is 1. The van der Waals surface area contributed by atoms with Gasteiger partial charge in [0.2, 0.25) is 5.91 Å². The Labute approximate surface area is 191 Å². The first-order valence-corrected chi connectivity index (χ1v) is 11.8. The third kappa shape index (κ3) is 6.92. The highest BCUT2D eigenvalue weighted by molar-refractivity contribution is 7.14. The third-order valence-corrected chi connectivity index (χ3v) is 6.76. The van der Waals surface area contributed by atoms with E-state index in [1.165, 1.54) is 24.2 Å². The zero-order valence-corrected chi connectivity index (χ0v) is 19.2. The Bertz CT molecular complexity index is 899. The van der Waals surface area contributed by atoms with Gasteiger partial charge in [0.15, 0.2) is 0 Å². The van der Waals surface area contributed by atoms with Gasteiger partial charge in [0.05, 0.1) is 27.9 Å². The number of anilines is 1. The number of carbonyl (C=O) groups excluding carboxylic acids is 2. The minimum absolute atomic E-state index is 0.126. The molecule has 2 amide bonds. The van der Waals surface area contributed by atoms with Gasteiger partial charge in [0, 0.05) is 24.2 Å². The number of carbonyl (C=O) groups is 2. The monoisotopic (exact) mass is 464 g/mol. The highest BCUT2D eigenvalue weighted by Crippen LogP contribution is 2.29. The number of nitrogens with one attached hydrogen (secondary N) is 3. The molecule has 2 heterocycles. The van der Waals surface area contributed by atoms with Gasteiger partial charge in [0.1, 0.15) is 6.04 Å². The Hall–Kier alpha value is -2.16. The van der Waals surface area contributed by atoms with Crippen molar-refractivity contribution < 1.29 is 14.7 Å². The lowest BCUT2D eigenvalue weighted by atomic mass is 9.97. The van der Waals surface area contributed by atoms with Crippen molar-refractivity contribution in [2.45, 2.75) is 51.6 Å². The fourth-order valence-electron chi connectivity index (χ4n) is 3.81. The number of rotatable bonds is 10. The SMILES string of the molecule is Cc1ncc(Cl)cc1NCc1ccc(C(=O)NC(CC2CCCC2)C(=O)NCCO)s1. The average Bonchev–Trinajstić information content (AvgIpc) is 3.44. The second-order valence-electron chi connectivity index (χ2n) is 7.83. The van der Waals surface area contributed by atoms with Crippen LogP contribution in [0.15, 0.2) is 24.4 Å². The summed E-state index contributed by atoms with van der Waals surface area (Å²) in [6, 6.07) is 4.91. The summed E-state index contributed by atoms with van der Waals surface area (Å²) in [5.41, 5.74) is 1.70. The van der Waals surface area contributed by atoms with Crippen LogP contribution in [0, 0.1) is 12.8 Å². The number of hydrogen-bond donors (Lipinski definition) is 4. The van der Waals surface area contributed by atoms with Crippen LogP contribution in [0.2, 0.25) is 5.02 Å². The third-order valence-electron chi connectivity index (χ3n) is 5.47. The first-order valence-electron chi connectivity index (χ1n) is 10.6. The predicted octanol–water partition coefficient (Wildman–Crippen LogP) is 3.50. The Balaban J connectivity index is 1.60. The van der Waals surface area contributed by atoms with Crippen LogP contribution in [0.1, 0.15) is 52.3 Å². The van der Waals surface area contributed by atoms with Gasteiger partial charge < -0.3 is 21.1 Å². The number of thiophene rings is 1. The fraction of sp³-hybridized carbons (Fsp3) is 0.500. The number of amides is 2. The number of aryl methyl sites for hydroxylation is 1. The Morgan fingerprint density at radius 3 is 2.84 bits per heavy atom. The molecule has 1 aliphatic rings. The molecule has 0 saturated heterocycles. The molecular formula is C22H29ClN4O3S. The van der Waals surface area contributed by atoms with E-state index in [1.807, 2.05) is 19.1 Å². The first kappa shape index (κ1) is 23.5. The molecular weight excluding hydrogens is 436 g/mol. The molecule has 1 saturated carbocycles. The minimum Gasteiger partial charge on any atom is -0.395 e. The van der Waals surface area contributed by atoms with E-state index in [-0.39, 0.29) is 25.0 Å². The van der Waals surface area contributed by atoms with Gasteiger partial charge in [-0.3, -0.25) is 14.6 Å². The van der Waals surface area contributed by atoms with Gasteiger partial charge in [-0.2, -0.15) is 0 Å². The molecule has 1 atom stereocenters. The number of halogens is 1. The lowest BCUT2D eigenvalue weighted by molar-refractivity contribution is -0.123. The molecule has 0 bridgehead atoms. The molecule has 3 rings (SSSR count). The van der Waals surface area contributed by atoms with Crippen LogP contribution < -0.4 is 16.0 Å². The lowest BCUT2D eigenvalue weighted by Gasteiger charge is -2.21. The summed E-state index contributed by atoms with van der Waals surface area (Å²) < 4.78 is 0. The number of pyridine rings is 1. The van der Waals surface area contributed by atoms with E-state index in [9.17, 15) is 9.59 Å². The number of hydrogen-bond acceptors (Lipinski definition) is 6. The van der Waals surface area contributed by atoms with Crippen molar-refractivity contribution in [3.8, 4) is 0 Å². The molecule has 0 spiro atoms. The van der Waals surface area contributed by atoms with Crippen molar-refractivity contribution in [2.75, 3.05) is 18.5 Å². The van der Waals surface area contributed by atoms with Gasteiger partial charge in [-0.25, -0.2) is 0 Å². The molecule has 0 radical (unpaired) electrons.